The molecule has 1 saturated carbocycles. The molecular weight excluding hydrogens is 542 g/mol. The van der Waals surface area contributed by atoms with Crippen molar-refractivity contribution >= 4 is 40.3 Å². The van der Waals surface area contributed by atoms with Gasteiger partial charge in [-0.05, 0) is 61.8 Å². The Hall–Kier alpha value is -4.45. The number of piperidine rings is 1. The lowest BCUT2D eigenvalue weighted by Gasteiger charge is -2.31. The van der Waals surface area contributed by atoms with Gasteiger partial charge in [0.15, 0.2) is 23.8 Å². The number of hydrogen-bond acceptors (Lipinski definition) is 10. The van der Waals surface area contributed by atoms with Crippen LogP contribution in [0.3, 0.4) is 0 Å². The molecule has 2 aliphatic heterocycles. The van der Waals surface area contributed by atoms with Crippen molar-refractivity contribution in [1.29, 1.82) is 0 Å². The number of rotatable bonds is 5. The number of aliphatic hydroxyl groups is 2. The number of carbonyl (C=O) groups is 2. The van der Waals surface area contributed by atoms with Gasteiger partial charge < -0.3 is 42.0 Å². The van der Waals surface area contributed by atoms with Crippen LogP contribution in [0, 0.1) is 17.8 Å². The molecular formula is C28H33N9O5. The van der Waals surface area contributed by atoms with Gasteiger partial charge in [0.2, 0.25) is 5.82 Å². The Bertz CT molecular complexity index is 1540. The smallest absolute Gasteiger partial charge is 0.321 e. The minimum absolute atomic E-state index is 0.0830. The van der Waals surface area contributed by atoms with Crippen molar-refractivity contribution in [2.75, 3.05) is 29.9 Å². The van der Waals surface area contributed by atoms with Crippen molar-refractivity contribution in [1.82, 2.24) is 29.7 Å². The van der Waals surface area contributed by atoms with Crippen LogP contribution in [-0.4, -0.2) is 84.0 Å². The summed E-state index contributed by atoms with van der Waals surface area (Å²) in [6.45, 7) is 1.24. The van der Waals surface area contributed by atoms with E-state index < -0.39 is 30.4 Å². The number of ether oxygens (including phenoxy) is 1. The Labute approximate surface area is 241 Å². The molecule has 1 aromatic carbocycles. The van der Waals surface area contributed by atoms with E-state index in [2.05, 4.69) is 37.4 Å². The fourth-order valence-electron chi connectivity index (χ4n) is 5.18. The first-order valence-electron chi connectivity index (χ1n) is 14.0. The summed E-state index contributed by atoms with van der Waals surface area (Å²) in [5, 5.41) is 26.9. The van der Waals surface area contributed by atoms with E-state index in [1.165, 1.54) is 10.9 Å². The lowest BCUT2D eigenvalue weighted by atomic mass is 9.94. The molecule has 220 valence electrons. The number of nitrogens with zero attached hydrogens (tertiary/aromatic N) is 5. The average molecular weight is 576 g/mol. The fraction of sp³-hybridized carbons (Fsp3) is 0.464. The first-order valence-corrected chi connectivity index (χ1v) is 14.0. The minimum atomic E-state index is -1.42. The number of carbonyl (C=O) groups excluding carboxylic acids is 2. The molecule has 3 aromatic rings. The second-order valence-corrected chi connectivity index (χ2v) is 11.0. The van der Waals surface area contributed by atoms with Gasteiger partial charge >= 0.3 is 6.03 Å². The number of hydrogen-bond donors (Lipinski definition) is 6. The van der Waals surface area contributed by atoms with E-state index in [4.69, 9.17) is 16.2 Å². The van der Waals surface area contributed by atoms with Crippen LogP contribution >= 0.6 is 0 Å². The number of imidazole rings is 1. The van der Waals surface area contributed by atoms with Gasteiger partial charge in [0.25, 0.3) is 5.91 Å². The molecule has 0 radical (unpaired) electrons. The molecule has 3 fully saturated rings. The summed E-state index contributed by atoms with van der Waals surface area (Å²) in [7, 11) is 0. The van der Waals surface area contributed by atoms with Crippen LogP contribution in [0.15, 0.2) is 30.6 Å². The van der Waals surface area contributed by atoms with E-state index in [0.717, 1.165) is 25.7 Å². The summed E-state index contributed by atoms with van der Waals surface area (Å²) in [5.41, 5.74) is 13.7. The van der Waals surface area contributed by atoms with Gasteiger partial charge in [0.1, 0.15) is 17.7 Å². The molecule has 14 nitrogen and oxygen atoms in total. The zero-order valence-corrected chi connectivity index (χ0v) is 22.8. The predicted molar refractivity (Wildman–Crippen MR) is 152 cm³/mol. The molecule has 14 heteroatoms. The summed E-state index contributed by atoms with van der Waals surface area (Å²) in [6, 6.07) is 6.96. The van der Waals surface area contributed by atoms with Gasteiger partial charge in [0.05, 0.1) is 6.33 Å². The summed E-state index contributed by atoms with van der Waals surface area (Å²) in [4.78, 5) is 39.9. The van der Waals surface area contributed by atoms with Crippen LogP contribution in [0.5, 0.6) is 0 Å². The van der Waals surface area contributed by atoms with Gasteiger partial charge in [-0.3, -0.25) is 9.36 Å². The number of fused-ring (bicyclic) bond motifs is 1. The minimum Gasteiger partial charge on any atom is -0.399 e. The lowest BCUT2D eigenvalue weighted by Crippen LogP contribution is -2.43. The largest absolute Gasteiger partial charge is 0.399 e. The normalized spacial score (nSPS) is 24.3. The standard InChI is InChI=1S/C28H33N9O5/c29-16-4-6-18(7-5-16)33-28(41)36-12-10-15(11-13-36)2-1-3-19-34-24(30)20-25(35-19)37(14-31-20)27-22(39)21(38)23(42-27)26(40)32-17-8-9-17/h4-7,14-15,17,21-23,27,38-39H,2,8-13,29H2,(H,32,40)(H,33,41)(H2,30,34,35)/t21-,22+,23-,27+/m0/s1. The van der Waals surface area contributed by atoms with Gasteiger partial charge in [-0.1, -0.05) is 5.92 Å². The monoisotopic (exact) mass is 575 g/mol. The number of anilines is 3. The quantitative estimate of drug-likeness (QED) is 0.184. The van der Waals surface area contributed by atoms with Crippen LogP contribution in [0.25, 0.3) is 11.2 Å². The Kier molecular flexibility index (Phi) is 7.55. The highest BCUT2D eigenvalue weighted by atomic mass is 16.6. The van der Waals surface area contributed by atoms with Crippen LogP contribution in [0.4, 0.5) is 22.0 Å². The number of urea groups is 1. The Balaban J connectivity index is 1.08. The zero-order chi connectivity index (χ0) is 29.4. The number of likely N-dealkylation sites (tertiary alicyclic amines) is 1. The third-order valence-corrected chi connectivity index (χ3v) is 7.80. The Morgan fingerprint density at radius 2 is 1.79 bits per heavy atom. The second kappa shape index (κ2) is 11.4. The number of aromatic nitrogens is 4. The maximum atomic E-state index is 12.6. The first kappa shape index (κ1) is 27.7. The Morgan fingerprint density at radius 1 is 1.05 bits per heavy atom. The number of nitrogen functional groups attached to an aromatic ring is 2. The average Bonchev–Trinajstić information content (AvgIpc) is 3.61. The van der Waals surface area contributed by atoms with E-state index in [9.17, 15) is 19.8 Å². The molecule has 3 amide bonds. The van der Waals surface area contributed by atoms with Crippen molar-refractivity contribution in [2.45, 2.75) is 62.7 Å². The van der Waals surface area contributed by atoms with Crippen molar-refractivity contribution in [3.63, 3.8) is 0 Å². The number of nitrogens with two attached hydrogens (primary N) is 2. The topological polar surface area (TPSA) is 207 Å². The highest BCUT2D eigenvalue weighted by Gasteiger charge is 2.48. The van der Waals surface area contributed by atoms with E-state index in [1.807, 2.05) is 0 Å². The molecule has 0 bridgehead atoms. The Morgan fingerprint density at radius 3 is 2.50 bits per heavy atom. The molecule has 4 atom stereocenters. The molecule has 2 aromatic heterocycles. The molecule has 1 aliphatic carbocycles. The third-order valence-electron chi connectivity index (χ3n) is 7.80. The highest BCUT2D eigenvalue weighted by Crippen LogP contribution is 2.33. The molecule has 4 heterocycles. The summed E-state index contributed by atoms with van der Waals surface area (Å²) in [6.07, 6.45) is 0.245. The third kappa shape index (κ3) is 5.80. The van der Waals surface area contributed by atoms with Crippen LogP contribution < -0.4 is 22.1 Å². The maximum Gasteiger partial charge on any atom is 0.321 e. The van der Waals surface area contributed by atoms with Crippen molar-refractivity contribution in [3.8, 4) is 11.8 Å². The van der Waals surface area contributed by atoms with Gasteiger partial charge in [-0.25, -0.2) is 19.7 Å². The number of benzene rings is 1. The first-order chi connectivity index (χ1) is 20.3. The van der Waals surface area contributed by atoms with Crippen LogP contribution in [0.2, 0.25) is 0 Å². The van der Waals surface area contributed by atoms with E-state index >= 15 is 0 Å². The van der Waals surface area contributed by atoms with Crippen molar-refractivity contribution in [3.05, 3.63) is 36.4 Å². The van der Waals surface area contributed by atoms with Crippen LogP contribution in [-0.2, 0) is 9.53 Å². The fourth-order valence-corrected chi connectivity index (χ4v) is 5.18. The van der Waals surface area contributed by atoms with Crippen molar-refractivity contribution in [2.24, 2.45) is 5.92 Å². The van der Waals surface area contributed by atoms with E-state index in [1.54, 1.807) is 29.2 Å². The molecule has 8 N–H and O–H groups in total. The summed E-state index contributed by atoms with van der Waals surface area (Å²) >= 11 is 0. The maximum absolute atomic E-state index is 12.6. The molecule has 2 saturated heterocycles. The van der Waals surface area contributed by atoms with E-state index in [0.29, 0.717) is 42.3 Å². The van der Waals surface area contributed by atoms with Gasteiger partial charge in [-0.15, -0.1) is 0 Å². The zero-order valence-electron chi connectivity index (χ0n) is 22.8. The molecule has 6 rings (SSSR count). The van der Waals surface area contributed by atoms with Gasteiger partial charge in [0, 0.05) is 36.9 Å². The number of amides is 3. The van der Waals surface area contributed by atoms with Crippen LogP contribution in [0.1, 0.15) is 44.2 Å². The second-order valence-electron chi connectivity index (χ2n) is 11.0. The summed E-state index contributed by atoms with van der Waals surface area (Å²) in [5.74, 6) is 6.23. The molecule has 42 heavy (non-hydrogen) atoms. The lowest BCUT2D eigenvalue weighted by molar-refractivity contribution is -0.137. The van der Waals surface area contributed by atoms with Crippen molar-refractivity contribution < 1.29 is 24.5 Å². The van der Waals surface area contributed by atoms with Gasteiger partial charge in [-0.2, -0.15) is 0 Å². The highest BCUT2D eigenvalue weighted by molar-refractivity contribution is 5.89. The molecule has 0 unspecified atom stereocenters. The number of aliphatic hydroxyl groups excluding tert-OH is 2. The molecule has 0 spiro atoms. The SMILES string of the molecule is Nc1ccc(NC(=O)N2CCC(CC#Cc3nc(N)c4ncn([C@@H]5O[C@H](C(=O)NC6CC6)[C@@H](O)[C@H]5O)c4n3)CC2)cc1. The summed E-state index contributed by atoms with van der Waals surface area (Å²) < 4.78 is 7.20. The van der Waals surface area contributed by atoms with E-state index in [-0.39, 0.29) is 29.4 Å². The number of nitrogens with one attached hydrogen (secondary N) is 2. The molecule has 3 aliphatic rings. The predicted octanol–water partition coefficient (Wildman–Crippen LogP) is 0.574.